The van der Waals surface area contributed by atoms with E-state index >= 15 is 0 Å². The highest BCUT2D eigenvalue weighted by atomic mass is 35.5. The molecule has 0 radical (unpaired) electrons. The molecule has 0 aliphatic rings. The van der Waals surface area contributed by atoms with Gasteiger partial charge in [0.1, 0.15) is 5.82 Å². The molecule has 0 spiro atoms. The number of benzene rings is 1. The maximum Gasteiger partial charge on any atom is 0.251 e. The number of hydrogen-bond donors (Lipinski definition) is 1. The van der Waals surface area contributed by atoms with E-state index in [-0.39, 0.29) is 16.5 Å². The van der Waals surface area contributed by atoms with Gasteiger partial charge in [-0.1, -0.05) is 11.6 Å². The quantitative estimate of drug-likeness (QED) is 0.536. The van der Waals surface area contributed by atoms with Crippen LogP contribution in [-0.2, 0) is 4.79 Å². The van der Waals surface area contributed by atoms with E-state index in [1.807, 2.05) is 0 Å². The maximum atomic E-state index is 13.5. The summed E-state index contributed by atoms with van der Waals surface area (Å²) < 4.78 is 14.1. The average Bonchev–Trinajstić information content (AvgIpc) is 2.41. The van der Waals surface area contributed by atoms with Crippen LogP contribution in [0, 0.1) is 11.0 Å². The van der Waals surface area contributed by atoms with E-state index in [0.717, 1.165) is 17.8 Å². The van der Waals surface area contributed by atoms with Gasteiger partial charge in [-0.15, -0.1) is 0 Å². The smallest absolute Gasteiger partial charge is 0.251 e. The number of thioether (sulfide) groups is 1. The van der Waals surface area contributed by atoms with E-state index in [2.05, 4.69) is 5.32 Å². The second-order valence-electron chi connectivity index (χ2n) is 3.83. The van der Waals surface area contributed by atoms with Crippen LogP contribution in [0.2, 0.25) is 5.02 Å². The van der Waals surface area contributed by atoms with Gasteiger partial charge in [-0.3, -0.25) is 4.79 Å². The van der Waals surface area contributed by atoms with Crippen LogP contribution in [0.15, 0.2) is 47.6 Å². The van der Waals surface area contributed by atoms with Crippen molar-refractivity contribution in [3.63, 3.8) is 0 Å². The molecule has 104 valence electrons. The summed E-state index contributed by atoms with van der Waals surface area (Å²) >= 11 is 6.69. The Morgan fingerprint density at radius 1 is 1.40 bits per heavy atom. The van der Waals surface area contributed by atoms with E-state index in [4.69, 9.17) is 11.6 Å². The number of anilines is 1. The third-order valence-electron chi connectivity index (χ3n) is 2.34. The van der Waals surface area contributed by atoms with Crippen molar-refractivity contribution in [3.8, 4) is 0 Å². The lowest BCUT2D eigenvalue weighted by molar-refractivity contribution is -0.645. The predicted octanol–water partition coefficient (Wildman–Crippen LogP) is 2.84. The molecule has 0 saturated carbocycles. The number of carbonyl (C=O) groups is 1. The molecule has 1 amide bonds. The van der Waals surface area contributed by atoms with Gasteiger partial charge in [0.05, 0.1) is 11.4 Å². The molecule has 1 aromatic heterocycles. The van der Waals surface area contributed by atoms with Crippen LogP contribution < -0.4 is 10.0 Å². The lowest BCUT2D eigenvalue weighted by Crippen LogP contribution is -2.28. The molecule has 0 saturated heterocycles. The van der Waals surface area contributed by atoms with Gasteiger partial charge in [0.25, 0.3) is 5.03 Å². The molecule has 0 atom stereocenters. The summed E-state index contributed by atoms with van der Waals surface area (Å²) in [6.45, 7) is 0. The molecule has 2 aromatic rings. The molecular weight excluding hydrogens is 303 g/mol. The Hall–Kier alpha value is -1.79. The first kappa shape index (κ1) is 14.6. The minimum Gasteiger partial charge on any atom is -0.618 e. The minimum absolute atomic E-state index is 0.00825. The van der Waals surface area contributed by atoms with Crippen molar-refractivity contribution in [2.24, 2.45) is 0 Å². The molecule has 0 aliphatic carbocycles. The molecular formula is C13H10ClFN2O2S. The second kappa shape index (κ2) is 6.58. The van der Waals surface area contributed by atoms with Gasteiger partial charge in [-0.2, -0.15) is 4.73 Å². The summed E-state index contributed by atoms with van der Waals surface area (Å²) in [7, 11) is 0. The van der Waals surface area contributed by atoms with Gasteiger partial charge >= 0.3 is 0 Å². The summed E-state index contributed by atoms with van der Waals surface area (Å²) in [6, 6.07) is 8.89. The van der Waals surface area contributed by atoms with Crippen molar-refractivity contribution in [1.82, 2.24) is 0 Å². The van der Waals surface area contributed by atoms with E-state index in [1.165, 1.54) is 18.3 Å². The standard InChI is InChI=1S/C13H10ClFN2O2S/c14-9-4-5-11(10(15)7-9)16-12(18)8-20-13-3-1-2-6-17(13)19/h1-7H,8H2,(H,16,18). The molecule has 1 aromatic carbocycles. The van der Waals surface area contributed by atoms with Crippen molar-refractivity contribution < 1.29 is 13.9 Å². The normalized spacial score (nSPS) is 10.3. The highest BCUT2D eigenvalue weighted by Crippen LogP contribution is 2.19. The van der Waals surface area contributed by atoms with Crippen LogP contribution in [0.4, 0.5) is 10.1 Å². The lowest BCUT2D eigenvalue weighted by atomic mass is 10.3. The van der Waals surface area contributed by atoms with Crippen LogP contribution in [0.25, 0.3) is 0 Å². The van der Waals surface area contributed by atoms with Gasteiger partial charge in [-0.05, 0) is 36.0 Å². The van der Waals surface area contributed by atoms with Gasteiger partial charge in [0, 0.05) is 17.2 Å². The van der Waals surface area contributed by atoms with Crippen LogP contribution in [0.1, 0.15) is 0 Å². The lowest BCUT2D eigenvalue weighted by Gasteiger charge is -2.06. The Bertz CT molecular complexity index is 640. The van der Waals surface area contributed by atoms with Crippen molar-refractivity contribution in [2.45, 2.75) is 5.03 Å². The minimum atomic E-state index is -0.602. The van der Waals surface area contributed by atoms with Gasteiger partial charge in [0.15, 0.2) is 6.20 Å². The van der Waals surface area contributed by atoms with E-state index in [9.17, 15) is 14.4 Å². The number of rotatable bonds is 4. The fraction of sp³-hybridized carbons (Fsp3) is 0.0769. The molecule has 1 N–H and O–H groups in total. The van der Waals surface area contributed by atoms with Crippen molar-refractivity contribution in [2.75, 3.05) is 11.1 Å². The monoisotopic (exact) mass is 312 g/mol. The van der Waals surface area contributed by atoms with E-state index in [1.54, 1.807) is 18.2 Å². The zero-order chi connectivity index (χ0) is 14.5. The highest BCUT2D eigenvalue weighted by molar-refractivity contribution is 7.99. The third kappa shape index (κ3) is 3.85. The SMILES string of the molecule is O=C(CSc1cccc[n+]1[O-])Nc1ccc(Cl)cc1F. The zero-order valence-electron chi connectivity index (χ0n) is 10.2. The number of nitrogens with zero attached hydrogens (tertiary/aromatic N) is 1. The van der Waals surface area contributed by atoms with Crippen LogP contribution in [0.5, 0.6) is 0 Å². The van der Waals surface area contributed by atoms with E-state index in [0.29, 0.717) is 9.76 Å². The van der Waals surface area contributed by atoms with Crippen molar-refractivity contribution in [3.05, 3.63) is 58.6 Å². The fourth-order valence-corrected chi connectivity index (χ4v) is 2.31. The molecule has 7 heteroatoms. The Labute approximate surface area is 124 Å². The fourth-order valence-electron chi connectivity index (χ4n) is 1.44. The number of halogens is 2. The second-order valence-corrected chi connectivity index (χ2v) is 5.26. The average molecular weight is 313 g/mol. The first-order valence-corrected chi connectivity index (χ1v) is 6.98. The summed E-state index contributed by atoms with van der Waals surface area (Å²) in [5.74, 6) is -0.997. The Morgan fingerprint density at radius 3 is 2.90 bits per heavy atom. The summed E-state index contributed by atoms with van der Waals surface area (Å²) in [5, 5.41) is 14.5. The van der Waals surface area contributed by atoms with E-state index < -0.39 is 11.7 Å². The Morgan fingerprint density at radius 2 is 2.20 bits per heavy atom. The number of amides is 1. The molecule has 0 bridgehead atoms. The third-order valence-corrected chi connectivity index (χ3v) is 3.60. The van der Waals surface area contributed by atoms with Crippen molar-refractivity contribution in [1.29, 1.82) is 0 Å². The van der Waals surface area contributed by atoms with Crippen LogP contribution in [0.3, 0.4) is 0 Å². The highest BCUT2D eigenvalue weighted by Gasteiger charge is 2.11. The molecule has 1 heterocycles. The molecule has 0 unspecified atom stereocenters. The van der Waals surface area contributed by atoms with Crippen LogP contribution >= 0.6 is 23.4 Å². The first-order chi connectivity index (χ1) is 9.56. The topological polar surface area (TPSA) is 56.0 Å². The zero-order valence-corrected chi connectivity index (χ0v) is 11.7. The number of nitrogens with one attached hydrogen (secondary N) is 1. The molecule has 4 nitrogen and oxygen atoms in total. The van der Waals surface area contributed by atoms with Gasteiger partial charge < -0.3 is 10.5 Å². The largest absolute Gasteiger partial charge is 0.618 e. The summed E-state index contributed by atoms with van der Waals surface area (Å²) in [5.41, 5.74) is 0.0584. The number of aromatic nitrogens is 1. The van der Waals surface area contributed by atoms with Crippen LogP contribution in [-0.4, -0.2) is 11.7 Å². The molecule has 0 fully saturated rings. The molecule has 20 heavy (non-hydrogen) atoms. The summed E-state index contributed by atoms with van der Waals surface area (Å²) in [4.78, 5) is 11.7. The molecule has 2 rings (SSSR count). The predicted molar refractivity (Wildman–Crippen MR) is 76.2 cm³/mol. The number of pyridine rings is 1. The van der Waals surface area contributed by atoms with Crippen molar-refractivity contribution >= 4 is 35.0 Å². The Balaban J connectivity index is 1.94. The summed E-state index contributed by atoms with van der Waals surface area (Å²) in [6.07, 6.45) is 1.35. The first-order valence-electron chi connectivity index (χ1n) is 5.62. The maximum absolute atomic E-state index is 13.5. The Kier molecular flexibility index (Phi) is 4.81. The molecule has 0 aliphatic heterocycles. The number of carbonyl (C=O) groups excluding carboxylic acids is 1. The number of hydrogen-bond acceptors (Lipinski definition) is 3. The van der Waals surface area contributed by atoms with Gasteiger partial charge in [-0.25, -0.2) is 4.39 Å². The van der Waals surface area contributed by atoms with Gasteiger partial charge in [0.2, 0.25) is 5.91 Å².